The largest absolute Gasteiger partial charge is 0.351 e. The Kier molecular flexibility index (Phi) is 4.86. The average molecular weight is 256 g/mol. The van der Waals surface area contributed by atoms with E-state index in [0.29, 0.717) is 6.54 Å². The molecule has 0 radical (unpaired) electrons. The van der Waals surface area contributed by atoms with Crippen molar-refractivity contribution in [1.82, 2.24) is 9.97 Å². The van der Waals surface area contributed by atoms with Crippen LogP contribution in [0.15, 0.2) is 42.7 Å². The second kappa shape index (κ2) is 6.85. The van der Waals surface area contributed by atoms with Crippen molar-refractivity contribution < 1.29 is 0 Å². The lowest BCUT2D eigenvalue weighted by Gasteiger charge is -2.24. The van der Waals surface area contributed by atoms with E-state index >= 15 is 0 Å². The summed E-state index contributed by atoms with van der Waals surface area (Å²) in [5, 5.41) is 0. The molecule has 1 aromatic heterocycles. The van der Waals surface area contributed by atoms with Gasteiger partial charge < -0.3 is 10.6 Å². The summed E-state index contributed by atoms with van der Waals surface area (Å²) < 4.78 is 0. The summed E-state index contributed by atoms with van der Waals surface area (Å²) in [5.41, 5.74) is 7.85. The molecule has 2 aromatic rings. The van der Waals surface area contributed by atoms with Gasteiger partial charge in [0.05, 0.1) is 5.69 Å². The number of nitrogens with zero attached hydrogens (tertiary/aromatic N) is 3. The van der Waals surface area contributed by atoms with Gasteiger partial charge in [-0.15, -0.1) is 0 Å². The van der Waals surface area contributed by atoms with Crippen LogP contribution in [0.1, 0.15) is 17.7 Å². The fraction of sp³-hybridized carbons (Fsp3) is 0.333. The number of aryl methyl sites for hydroxylation is 1. The zero-order valence-electron chi connectivity index (χ0n) is 11.3. The van der Waals surface area contributed by atoms with Crippen LogP contribution in [-0.2, 0) is 6.54 Å². The summed E-state index contributed by atoms with van der Waals surface area (Å²) in [5.74, 6) is 0.944. The van der Waals surface area contributed by atoms with Crippen molar-refractivity contribution in [3.8, 4) is 0 Å². The van der Waals surface area contributed by atoms with Gasteiger partial charge >= 0.3 is 0 Å². The smallest absolute Gasteiger partial charge is 0.150 e. The van der Waals surface area contributed by atoms with Crippen LogP contribution in [0, 0.1) is 6.92 Å². The van der Waals surface area contributed by atoms with Crippen molar-refractivity contribution in [1.29, 1.82) is 0 Å². The van der Waals surface area contributed by atoms with Gasteiger partial charge in [-0.2, -0.15) is 0 Å². The highest BCUT2D eigenvalue weighted by molar-refractivity contribution is 5.43. The highest BCUT2D eigenvalue weighted by atomic mass is 15.2. The van der Waals surface area contributed by atoms with E-state index in [1.54, 1.807) is 12.4 Å². The maximum atomic E-state index is 5.62. The first-order valence-corrected chi connectivity index (χ1v) is 6.58. The molecule has 0 aliphatic heterocycles. The van der Waals surface area contributed by atoms with E-state index in [-0.39, 0.29) is 0 Å². The molecule has 0 bridgehead atoms. The molecular weight excluding hydrogens is 236 g/mol. The van der Waals surface area contributed by atoms with Gasteiger partial charge in [0.2, 0.25) is 0 Å². The Morgan fingerprint density at radius 1 is 1.11 bits per heavy atom. The van der Waals surface area contributed by atoms with Crippen LogP contribution in [0.2, 0.25) is 0 Å². The lowest BCUT2D eigenvalue weighted by molar-refractivity contribution is 0.720. The molecule has 0 unspecified atom stereocenters. The summed E-state index contributed by atoms with van der Waals surface area (Å²) in [7, 11) is 0. The molecule has 0 aliphatic carbocycles. The van der Waals surface area contributed by atoms with E-state index < -0.39 is 0 Å². The number of benzene rings is 1. The normalized spacial score (nSPS) is 10.4. The topological polar surface area (TPSA) is 55.0 Å². The molecule has 2 rings (SSSR count). The van der Waals surface area contributed by atoms with Gasteiger partial charge in [-0.3, -0.25) is 4.98 Å². The first-order valence-electron chi connectivity index (χ1n) is 6.58. The number of aromatic nitrogens is 2. The van der Waals surface area contributed by atoms with Gasteiger partial charge in [-0.1, -0.05) is 30.3 Å². The van der Waals surface area contributed by atoms with Gasteiger partial charge in [0.1, 0.15) is 5.82 Å². The predicted molar refractivity (Wildman–Crippen MR) is 77.9 cm³/mol. The number of hydrogen-bond acceptors (Lipinski definition) is 4. The van der Waals surface area contributed by atoms with Gasteiger partial charge in [0, 0.05) is 25.5 Å². The molecule has 0 atom stereocenters. The quantitative estimate of drug-likeness (QED) is 0.860. The van der Waals surface area contributed by atoms with Crippen molar-refractivity contribution in [3.63, 3.8) is 0 Å². The fourth-order valence-electron chi connectivity index (χ4n) is 2.06. The van der Waals surface area contributed by atoms with E-state index in [1.807, 2.05) is 13.0 Å². The van der Waals surface area contributed by atoms with Crippen LogP contribution in [0.4, 0.5) is 5.82 Å². The number of anilines is 1. The third-order valence-electron chi connectivity index (χ3n) is 3.00. The average Bonchev–Trinajstić information content (AvgIpc) is 2.45. The van der Waals surface area contributed by atoms with Crippen molar-refractivity contribution in [2.24, 2.45) is 5.73 Å². The molecule has 0 aliphatic rings. The fourth-order valence-corrected chi connectivity index (χ4v) is 2.06. The van der Waals surface area contributed by atoms with Crippen LogP contribution < -0.4 is 10.6 Å². The third-order valence-corrected chi connectivity index (χ3v) is 3.00. The minimum absolute atomic E-state index is 0.685. The summed E-state index contributed by atoms with van der Waals surface area (Å²) in [6.45, 7) is 4.40. The Hall–Kier alpha value is -1.94. The van der Waals surface area contributed by atoms with Crippen molar-refractivity contribution in [2.45, 2.75) is 19.9 Å². The zero-order valence-corrected chi connectivity index (χ0v) is 11.3. The minimum Gasteiger partial charge on any atom is -0.351 e. The molecule has 0 saturated carbocycles. The first kappa shape index (κ1) is 13.5. The monoisotopic (exact) mass is 256 g/mol. The van der Waals surface area contributed by atoms with E-state index in [0.717, 1.165) is 31.0 Å². The van der Waals surface area contributed by atoms with Gasteiger partial charge in [-0.05, 0) is 25.5 Å². The number of rotatable bonds is 6. The zero-order chi connectivity index (χ0) is 13.5. The molecule has 0 amide bonds. The Labute approximate surface area is 114 Å². The second-order valence-corrected chi connectivity index (χ2v) is 4.51. The van der Waals surface area contributed by atoms with Crippen LogP contribution in [0.3, 0.4) is 0 Å². The van der Waals surface area contributed by atoms with Crippen LogP contribution in [0.5, 0.6) is 0 Å². The Balaban J connectivity index is 2.19. The molecule has 0 spiro atoms. The maximum absolute atomic E-state index is 5.62. The second-order valence-electron chi connectivity index (χ2n) is 4.51. The molecule has 1 heterocycles. The standard InChI is InChI=1S/C15H20N4/c1-13-15(18-10-9-17-13)19(11-5-8-16)12-14-6-3-2-4-7-14/h2-4,6-7,9-10H,5,8,11-12,16H2,1H3. The molecule has 0 fully saturated rings. The van der Waals surface area contributed by atoms with Crippen LogP contribution in [0.25, 0.3) is 0 Å². The first-order chi connectivity index (χ1) is 9.31. The van der Waals surface area contributed by atoms with Crippen molar-refractivity contribution in [2.75, 3.05) is 18.0 Å². The third kappa shape index (κ3) is 3.76. The lowest BCUT2D eigenvalue weighted by Crippen LogP contribution is -2.27. The van der Waals surface area contributed by atoms with Crippen LogP contribution in [-0.4, -0.2) is 23.1 Å². The van der Waals surface area contributed by atoms with Crippen molar-refractivity contribution in [3.05, 3.63) is 54.0 Å². The highest BCUT2D eigenvalue weighted by Gasteiger charge is 2.11. The minimum atomic E-state index is 0.685. The van der Waals surface area contributed by atoms with E-state index in [1.165, 1.54) is 5.56 Å². The predicted octanol–water partition coefficient (Wildman–Crippen LogP) is 2.14. The molecule has 4 nitrogen and oxygen atoms in total. The van der Waals surface area contributed by atoms with E-state index in [9.17, 15) is 0 Å². The number of nitrogens with two attached hydrogens (primary N) is 1. The summed E-state index contributed by atoms with van der Waals surface area (Å²) in [4.78, 5) is 11.0. The van der Waals surface area contributed by atoms with Crippen LogP contribution >= 0.6 is 0 Å². The SMILES string of the molecule is Cc1nccnc1N(CCCN)Cc1ccccc1. The molecule has 4 heteroatoms. The lowest BCUT2D eigenvalue weighted by atomic mass is 10.2. The highest BCUT2D eigenvalue weighted by Crippen LogP contribution is 2.17. The maximum Gasteiger partial charge on any atom is 0.150 e. The Morgan fingerprint density at radius 2 is 1.84 bits per heavy atom. The summed E-state index contributed by atoms with van der Waals surface area (Å²) in [6, 6.07) is 10.4. The Bertz CT molecular complexity index is 499. The van der Waals surface area contributed by atoms with Gasteiger partial charge in [0.25, 0.3) is 0 Å². The van der Waals surface area contributed by atoms with Gasteiger partial charge in [-0.25, -0.2) is 4.98 Å². The number of hydrogen-bond donors (Lipinski definition) is 1. The molecule has 1 aromatic carbocycles. The van der Waals surface area contributed by atoms with E-state index in [4.69, 9.17) is 5.73 Å². The van der Waals surface area contributed by atoms with Crippen molar-refractivity contribution >= 4 is 5.82 Å². The Morgan fingerprint density at radius 3 is 2.53 bits per heavy atom. The molecule has 19 heavy (non-hydrogen) atoms. The van der Waals surface area contributed by atoms with Gasteiger partial charge in [0.15, 0.2) is 0 Å². The molecule has 100 valence electrons. The molecule has 2 N–H and O–H groups in total. The van der Waals surface area contributed by atoms with E-state index in [2.05, 4.69) is 39.1 Å². The molecule has 0 saturated heterocycles. The summed E-state index contributed by atoms with van der Waals surface area (Å²) in [6.07, 6.45) is 4.41. The molecular formula is C15H20N4. The summed E-state index contributed by atoms with van der Waals surface area (Å²) >= 11 is 0.